The van der Waals surface area contributed by atoms with Gasteiger partial charge in [-0.15, -0.1) is 0 Å². The van der Waals surface area contributed by atoms with Crippen LogP contribution in [0.15, 0.2) is 42.7 Å². The second-order valence-electron chi connectivity index (χ2n) is 6.92. The second kappa shape index (κ2) is 9.55. The number of carbonyl (C=O) groups is 2. The highest BCUT2D eigenvalue weighted by molar-refractivity contribution is 5.92. The Morgan fingerprint density at radius 1 is 1.07 bits per heavy atom. The zero-order valence-electron chi connectivity index (χ0n) is 16.2. The number of hydrogen-bond donors (Lipinski definition) is 2. The summed E-state index contributed by atoms with van der Waals surface area (Å²) >= 11 is 0. The summed E-state index contributed by atoms with van der Waals surface area (Å²) in [4.78, 5) is 33.5. The Hall–Kier alpha value is -3.17. The maximum Gasteiger partial charge on any atom is 0.419 e. The number of amides is 2. The lowest BCUT2D eigenvalue weighted by Gasteiger charge is -2.21. The van der Waals surface area contributed by atoms with E-state index in [2.05, 4.69) is 20.6 Å². The van der Waals surface area contributed by atoms with Gasteiger partial charge in [0.2, 0.25) is 5.91 Å². The molecule has 2 amide bonds. The minimum atomic E-state index is -4.50. The smallest absolute Gasteiger partial charge is 0.356 e. The molecular weight excluding hydrogens is 399 g/mol. The molecule has 1 aliphatic rings. The number of pyridine rings is 2. The third-order valence-corrected chi connectivity index (χ3v) is 4.79. The Kier molecular flexibility index (Phi) is 6.86. The van der Waals surface area contributed by atoms with Crippen LogP contribution in [0.2, 0.25) is 0 Å². The molecule has 0 bridgehead atoms. The Balaban J connectivity index is 1.42. The van der Waals surface area contributed by atoms with Crippen LogP contribution >= 0.6 is 0 Å². The number of aromatic nitrogens is 2. The predicted molar refractivity (Wildman–Crippen MR) is 104 cm³/mol. The number of alkyl halides is 3. The monoisotopic (exact) mass is 421 g/mol. The van der Waals surface area contributed by atoms with Crippen LogP contribution in [0.5, 0.6) is 0 Å². The molecular formula is C20H22F3N5O2. The lowest BCUT2D eigenvalue weighted by Crippen LogP contribution is -2.35. The molecule has 30 heavy (non-hydrogen) atoms. The van der Waals surface area contributed by atoms with Gasteiger partial charge in [0.1, 0.15) is 11.5 Å². The molecule has 1 saturated heterocycles. The van der Waals surface area contributed by atoms with Gasteiger partial charge in [-0.1, -0.05) is 6.07 Å². The molecule has 2 aromatic heterocycles. The molecule has 160 valence electrons. The number of rotatable bonds is 7. The highest BCUT2D eigenvalue weighted by Crippen LogP contribution is 2.36. The Bertz CT molecular complexity index is 876. The van der Waals surface area contributed by atoms with Crippen molar-refractivity contribution in [2.75, 3.05) is 31.1 Å². The van der Waals surface area contributed by atoms with Crippen LogP contribution in [0, 0.1) is 5.92 Å². The molecule has 0 unspecified atom stereocenters. The van der Waals surface area contributed by atoms with Gasteiger partial charge < -0.3 is 15.5 Å². The van der Waals surface area contributed by atoms with E-state index in [1.165, 1.54) is 23.4 Å². The van der Waals surface area contributed by atoms with E-state index in [1.807, 2.05) is 0 Å². The standard InChI is InChI=1S/C20H22F3N5O2/c21-20(22,23)15-5-3-9-25-17(15)28-12-7-14(13-28)18(29)26-10-4-11-27-19(30)16-6-1-2-8-24-16/h1-3,5-6,8-9,14H,4,7,10-13H2,(H,26,29)(H,27,30)/t14-/m0/s1. The molecule has 3 heterocycles. The van der Waals surface area contributed by atoms with Crippen molar-refractivity contribution in [1.29, 1.82) is 0 Å². The first-order valence-corrected chi connectivity index (χ1v) is 9.60. The molecule has 2 aromatic rings. The van der Waals surface area contributed by atoms with E-state index in [-0.39, 0.29) is 24.2 Å². The first-order chi connectivity index (χ1) is 14.4. The summed E-state index contributed by atoms with van der Waals surface area (Å²) in [5.41, 5.74) is -0.477. The highest BCUT2D eigenvalue weighted by Gasteiger charge is 2.38. The van der Waals surface area contributed by atoms with Crippen LogP contribution in [0.4, 0.5) is 19.0 Å². The average molecular weight is 421 g/mol. The Morgan fingerprint density at radius 2 is 1.83 bits per heavy atom. The molecule has 1 aliphatic heterocycles. The number of nitrogens with zero attached hydrogens (tertiary/aromatic N) is 3. The van der Waals surface area contributed by atoms with Gasteiger partial charge in [0, 0.05) is 38.6 Å². The van der Waals surface area contributed by atoms with Crippen molar-refractivity contribution in [3.05, 3.63) is 54.0 Å². The summed E-state index contributed by atoms with van der Waals surface area (Å²) < 4.78 is 39.5. The van der Waals surface area contributed by atoms with E-state index in [9.17, 15) is 22.8 Å². The van der Waals surface area contributed by atoms with Gasteiger partial charge in [-0.3, -0.25) is 14.6 Å². The molecule has 1 fully saturated rings. The van der Waals surface area contributed by atoms with E-state index in [1.54, 1.807) is 18.2 Å². The van der Waals surface area contributed by atoms with Gasteiger partial charge in [-0.2, -0.15) is 13.2 Å². The van der Waals surface area contributed by atoms with Crippen molar-refractivity contribution in [2.24, 2.45) is 5.92 Å². The number of carbonyl (C=O) groups excluding carboxylic acids is 2. The molecule has 0 spiro atoms. The van der Waals surface area contributed by atoms with Crippen molar-refractivity contribution in [2.45, 2.75) is 19.0 Å². The zero-order chi connectivity index (χ0) is 21.6. The SMILES string of the molecule is O=C(NCCCNC(=O)[C@H]1CCN(c2ncccc2C(F)(F)F)C1)c1ccccn1. The minimum absolute atomic E-state index is 0.141. The molecule has 0 radical (unpaired) electrons. The summed E-state index contributed by atoms with van der Waals surface area (Å²) in [6.45, 7) is 1.24. The van der Waals surface area contributed by atoms with Gasteiger partial charge in [0.05, 0.1) is 11.5 Å². The van der Waals surface area contributed by atoms with Crippen LogP contribution in [0.25, 0.3) is 0 Å². The normalized spacial score (nSPS) is 16.4. The molecule has 10 heteroatoms. The van der Waals surface area contributed by atoms with Gasteiger partial charge in [-0.25, -0.2) is 4.98 Å². The molecule has 2 N–H and O–H groups in total. The molecule has 0 aromatic carbocycles. The van der Waals surface area contributed by atoms with E-state index in [4.69, 9.17) is 0 Å². The van der Waals surface area contributed by atoms with Gasteiger partial charge in [-0.05, 0) is 37.1 Å². The van der Waals surface area contributed by atoms with Crippen LogP contribution in [0.3, 0.4) is 0 Å². The quantitative estimate of drug-likeness (QED) is 0.670. The molecule has 1 atom stereocenters. The van der Waals surface area contributed by atoms with Crippen LogP contribution in [-0.4, -0.2) is 48.0 Å². The maximum atomic E-state index is 13.2. The van der Waals surface area contributed by atoms with Gasteiger partial charge in [0.15, 0.2) is 0 Å². The fourth-order valence-electron chi connectivity index (χ4n) is 3.27. The predicted octanol–water partition coefficient (Wildman–Crippen LogP) is 2.26. The lowest BCUT2D eigenvalue weighted by molar-refractivity contribution is -0.137. The third kappa shape index (κ3) is 5.46. The number of anilines is 1. The summed E-state index contributed by atoms with van der Waals surface area (Å²) in [5, 5.41) is 5.50. The van der Waals surface area contributed by atoms with Crippen molar-refractivity contribution in [3.8, 4) is 0 Å². The minimum Gasteiger partial charge on any atom is -0.356 e. The lowest BCUT2D eigenvalue weighted by atomic mass is 10.1. The largest absolute Gasteiger partial charge is 0.419 e. The molecule has 3 rings (SSSR count). The fraction of sp³-hybridized carbons (Fsp3) is 0.400. The maximum absolute atomic E-state index is 13.2. The highest BCUT2D eigenvalue weighted by atomic mass is 19.4. The van der Waals surface area contributed by atoms with E-state index in [0.717, 1.165) is 6.07 Å². The summed E-state index contributed by atoms with van der Waals surface area (Å²) in [7, 11) is 0. The zero-order valence-corrected chi connectivity index (χ0v) is 16.2. The van der Waals surface area contributed by atoms with E-state index >= 15 is 0 Å². The van der Waals surface area contributed by atoms with Crippen molar-refractivity contribution >= 4 is 17.6 Å². The Labute approximate surface area is 171 Å². The van der Waals surface area contributed by atoms with Crippen LogP contribution in [0.1, 0.15) is 28.9 Å². The molecule has 0 saturated carbocycles. The number of halogens is 3. The average Bonchev–Trinajstić information content (AvgIpc) is 3.23. The second-order valence-corrected chi connectivity index (χ2v) is 6.92. The van der Waals surface area contributed by atoms with Crippen molar-refractivity contribution in [1.82, 2.24) is 20.6 Å². The van der Waals surface area contributed by atoms with Crippen molar-refractivity contribution < 1.29 is 22.8 Å². The first-order valence-electron chi connectivity index (χ1n) is 9.60. The Morgan fingerprint density at radius 3 is 2.57 bits per heavy atom. The first kappa shape index (κ1) is 21.5. The summed E-state index contributed by atoms with van der Waals surface area (Å²) in [5.74, 6) is -1.05. The summed E-state index contributed by atoms with van der Waals surface area (Å²) in [6.07, 6.45) is -0.668. The van der Waals surface area contributed by atoms with Crippen LogP contribution < -0.4 is 15.5 Å². The topological polar surface area (TPSA) is 87.2 Å². The van der Waals surface area contributed by atoms with Gasteiger partial charge >= 0.3 is 6.18 Å². The van der Waals surface area contributed by atoms with Crippen LogP contribution in [-0.2, 0) is 11.0 Å². The summed E-state index contributed by atoms with van der Waals surface area (Å²) in [6, 6.07) is 7.28. The number of hydrogen-bond acceptors (Lipinski definition) is 5. The molecule has 0 aliphatic carbocycles. The van der Waals surface area contributed by atoms with Crippen molar-refractivity contribution in [3.63, 3.8) is 0 Å². The third-order valence-electron chi connectivity index (χ3n) is 4.79. The van der Waals surface area contributed by atoms with Gasteiger partial charge in [0.25, 0.3) is 5.91 Å². The van der Waals surface area contributed by atoms with E-state index < -0.39 is 17.7 Å². The number of nitrogens with one attached hydrogen (secondary N) is 2. The molecule has 7 nitrogen and oxygen atoms in total. The van der Waals surface area contributed by atoms with E-state index in [0.29, 0.717) is 38.2 Å². The fourth-order valence-corrected chi connectivity index (χ4v) is 3.27.